The van der Waals surface area contributed by atoms with Gasteiger partial charge in [-0.15, -0.1) is 0 Å². The average molecular weight is 325 g/mol. The number of hydrogen-bond donors (Lipinski definition) is 4. The van der Waals surface area contributed by atoms with Crippen molar-refractivity contribution in [1.29, 1.82) is 10.8 Å². The lowest BCUT2D eigenvalue weighted by Gasteiger charge is -2.05. The van der Waals surface area contributed by atoms with Gasteiger partial charge in [-0.2, -0.15) is 0 Å². The molecule has 0 bridgehead atoms. The quantitative estimate of drug-likeness (QED) is 0.456. The number of anilines is 1. The van der Waals surface area contributed by atoms with Crippen molar-refractivity contribution in [3.63, 3.8) is 0 Å². The third-order valence-corrected chi connectivity index (χ3v) is 4.33. The summed E-state index contributed by atoms with van der Waals surface area (Å²) in [6.07, 6.45) is 10.2. The number of allylic oxidation sites excluding steroid dienone is 2. The molecule has 0 radical (unpaired) electrons. The van der Waals surface area contributed by atoms with E-state index in [4.69, 9.17) is 16.6 Å². The normalized spacial score (nSPS) is 18.6. The van der Waals surface area contributed by atoms with Crippen LogP contribution in [0.2, 0.25) is 0 Å². The molecule has 0 aromatic carbocycles. The first kappa shape index (κ1) is 16.2. The summed E-state index contributed by atoms with van der Waals surface area (Å²) in [6, 6.07) is 3.14. The number of aryl methyl sites for hydroxylation is 1. The van der Waals surface area contributed by atoms with E-state index in [1.807, 2.05) is 6.08 Å². The van der Waals surface area contributed by atoms with Gasteiger partial charge in [0, 0.05) is 41.5 Å². The van der Waals surface area contributed by atoms with Crippen LogP contribution in [0.5, 0.6) is 0 Å². The first-order valence-electron chi connectivity index (χ1n) is 8.35. The molecule has 0 saturated heterocycles. The highest BCUT2D eigenvalue weighted by molar-refractivity contribution is 6.08. The highest BCUT2D eigenvalue weighted by atomic mass is 16.1. The minimum Gasteiger partial charge on any atom is -0.399 e. The van der Waals surface area contributed by atoms with Crippen LogP contribution in [-0.2, 0) is 6.54 Å². The lowest BCUT2D eigenvalue weighted by molar-refractivity contribution is 0.603. The zero-order valence-electron chi connectivity index (χ0n) is 13.6. The topological polar surface area (TPSA) is 108 Å². The monoisotopic (exact) mass is 325 g/mol. The maximum atomic E-state index is 11.7. The maximum Gasteiger partial charge on any atom is 0.252 e. The molecule has 126 valence electrons. The van der Waals surface area contributed by atoms with Crippen molar-refractivity contribution in [3.8, 4) is 0 Å². The molecule has 2 heterocycles. The van der Waals surface area contributed by atoms with Crippen LogP contribution in [-0.4, -0.2) is 16.1 Å². The second-order valence-corrected chi connectivity index (χ2v) is 6.45. The van der Waals surface area contributed by atoms with Crippen LogP contribution < -0.4 is 16.6 Å². The maximum absolute atomic E-state index is 11.7. The molecule has 5 N–H and O–H groups in total. The van der Waals surface area contributed by atoms with Gasteiger partial charge in [0.2, 0.25) is 0 Å². The van der Waals surface area contributed by atoms with E-state index in [1.54, 1.807) is 22.9 Å². The number of amidine groups is 1. The van der Waals surface area contributed by atoms with Gasteiger partial charge in [0.1, 0.15) is 5.84 Å². The summed E-state index contributed by atoms with van der Waals surface area (Å²) in [5, 5.41) is 19.1. The Morgan fingerprint density at radius 3 is 2.92 bits per heavy atom. The van der Waals surface area contributed by atoms with Crippen molar-refractivity contribution in [2.24, 2.45) is 5.92 Å². The van der Waals surface area contributed by atoms with Crippen LogP contribution in [0.1, 0.15) is 32.1 Å². The van der Waals surface area contributed by atoms with Gasteiger partial charge in [0.15, 0.2) is 0 Å². The van der Waals surface area contributed by atoms with Crippen LogP contribution in [0, 0.1) is 16.7 Å². The molecule has 24 heavy (non-hydrogen) atoms. The van der Waals surface area contributed by atoms with Crippen LogP contribution in [0.15, 0.2) is 46.5 Å². The van der Waals surface area contributed by atoms with Crippen LogP contribution in [0.25, 0.3) is 0 Å². The van der Waals surface area contributed by atoms with E-state index in [0.29, 0.717) is 36.1 Å². The predicted octanol–water partition coefficient (Wildman–Crippen LogP) is 2.42. The highest BCUT2D eigenvalue weighted by Gasteiger charge is 2.30. The first-order valence-corrected chi connectivity index (χ1v) is 8.35. The molecule has 0 atom stereocenters. The minimum absolute atomic E-state index is 0.0876. The van der Waals surface area contributed by atoms with Gasteiger partial charge in [-0.25, -0.2) is 0 Å². The van der Waals surface area contributed by atoms with E-state index >= 15 is 0 Å². The SMILES string of the molecule is N=C(/C=C1/C=C(C2CC2)NC1=N)CCCCn1ccc(N)cc1=O. The fourth-order valence-electron chi connectivity index (χ4n) is 2.79. The van der Waals surface area contributed by atoms with Gasteiger partial charge in [0.05, 0.1) is 0 Å². The van der Waals surface area contributed by atoms with Crippen molar-refractivity contribution in [2.75, 3.05) is 5.73 Å². The summed E-state index contributed by atoms with van der Waals surface area (Å²) in [7, 11) is 0. The number of aromatic nitrogens is 1. The summed E-state index contributed by atoms with van der Waals surface area (Å²) < 4.78 is 1.64. The van der Waals surface area contributed by atoms with Gasteiger partial charge < -0.3 is 21.0 Å². The third-order valence-electron chi connectivity index (χ3n) is 4.33. The molecule has 0 amide bonds. The van der Waals surface area contributed by atoms with Crippen molar-refractivity contribution in [2.45, 2.75) is 38.6 Å². The molecular formula is C18H23N5O. The largest absolute Gasteiger partial charge is 0.399 e. The minimum atomic E-state index is -0.0876. The second kappa shape index (κ2) is 6.86. The molecule has 1 aromatic heterocycles. The van der Waals surface area contributed by atoms with E-state index in [9.17, 15) is 4.79 Å². The Morgan fingerprint density at radius 1 is 1.42 bits per heavy atom. The smallest absolute Gasteiger partial charge is 0.252 e. The number of unbranched alkanes of at least 4 members (excludes halogenated alkanes) is 1. The molecule has 1 aromatic rings. The zero-order chi connectivity index (χ0) is 17.1. The standard InChI is InChI=1S/C18H23N5O/c19-14(9-13-10-16(12-4-5-12)22-18(13)21)3-1-2-7-23-8-6-15(20)11-17(23)24/h6,8-12,19H,1-5,7,20H2,(H2,21,22)/b13-9-,19-14?. The molecule has 1 saturated carbocycles. The number of hydrogen-bond acceptors (Lipinski definition) is 4. The van der Waals surface area contributed by atoms with Gasteiger partial charge in [0.25, 0.3) is 5.56 Å². The third kappa shape index (κ3) is 4.01. The molecule has 6 nitrogen and oxygen atoms in total. The summed E-state index contributed by atoms with van der Waals surface area (Å²) in [5.74, 6) is 0.985. The van der Waals surface area contributed by atoms with E-state index in [0.717, 1.165) is 24.1 Å². The van der Waals surface area contributed by atoms with E-state index in [1.165, 1.54) is 18.9 Å². The van der Waals surface area contributed by atoms with E-state index in [-0.39, 0.29) is 5.56 Å². The number of nitrogens with two attached hydrogens (primary N) is 1. The first-order chi connectivity index (χ1) is 11.5. The summed E-state index contributed by atoms with van der Waals surface area (Å²) >= 11 is 0. The Balaban J connectivity index is 1.46. The molecular weight excluding hydrogens is 302 g/mol. The molecule has 1 fully saturated rings. The van der Waals surface area contributed by atoms with Crippen molar-refractivity contribution >= 4 is 17.2 Å². The van der Waals surface area contributed by atoms with E-state index in [2.05, 4.69) is 5.32 Å². The molecule has 1 aliphatic heterocycles. The highest BCUT2D eigenvalue weighted by Crippen LogP contribution is 2.37. The number of nitrogen functional groups attached to an aromatic ring is 1. The molecule has 0 unspecified atom stereocenters. The van der Waals surface area contributed by atoms with Crippen LogP contribution in [0.3, 0.4) is 0 Å². The van der Waals surface area contributed by atoms with Gasteiger partial charge in [-0.05, 0) is 56.2 Å². The Morgan fingerprint density at radius 2 is 2.21 bits per heavy atom. The fraction of sp³-hybridized carbons (Fsp3) is 0.389. The van der Waals surface area contributed by atoms with Crippen LogP contribution in [0.4, 0.5) is 5.69 Å². The molecule has 0 spiro atoms. The number of nitrogens with zero attached hydrogens (tertiary/aromatic N) is 1. The molecule has 1 aliphatic carbocycles. The number of rotatable bonds is 7. The Hall–Kier alpha value is -2.63. The van der Waals surface area contributed by atoms with Gasteiger partial charge >= 0.3 is 0 Å². The molecule has 2 aliphatic rings. The van der Waals surface area contributed by atoms with Gasteiger partial charge in [-0.1, -0.05) is 0 Å². The lowest BCUT2D eigenvalue weighted by Crippen LogP contribution is -2.19. The number of pyridine rings is 1. The zero-order valence-corrected chi connectivity index (χ0v) is 13.6. The Bertz CT molecular complexity index is 783. The Labute approximate surface area is 141 Å². The fourth-order valence-corrected chi connectivity index (χ4v) is 2.79. The summed E-state index contributed by atoms with van der Waals surface area (Å²) in [5.41, 5.74) is 8.41. The predicted molar refractivity (Wildman–Crippen MR) is 96.4 cm³/mol. The van der Waals surface area contributed by atoms with Gasteiger partial charge in [-0.3, -0.25) is 10.2 Å². The number of nitrogens with one attached hydrogen (secondary N) is 3. The second-order valence-electron chi connectivity index (χ2n) is 6.45. The van der Waals surface area contributed by atoms with Crippen molar-refractivity contribution in [3.05, 3.63) is 52.1 Å². The summed E-state index contributed by atoms with van der Waals surface area (Å²) in [6.45, 7) is 0.631. The molecule has 6 heteroatoms. The van der Waals surface area contributed by atoms with Crippen molar-refractivity contribution in [1.82, 2.24) is 9.88 Å². The van der Waals surface area contributed by atoms with Crippen molar-refractivity contribution < 1.29 is 0 Å². The average Bonchev–Trinajstić information content (AvgIpc) is 3.31. The summed E-state index contributed by atoms with van der Waals surface area (Å²) in [4.78, 5) is 11.7. The van der Waals surface area contributed by atoms with Crippen LogP contribution >= 0.6 is 0 Å². The lowest BCUT2D eigenvalue weighted by atomic mass is 10.1. The Kier molecular flexibility index (Phi) is 4.64. The van der Waals surface area contributed by atoms with E-state index < -0.39 is 0 Å². The molecule has 3 rings (SSSR count).